The third kappa shape index (κ3) is 8.25. The van der Waals surface area contributed by atoms with Crippen molar-refractivity contribution in [1.82, 2.24) is 24.9 Å². The second kappa shape index (κ2) is 13.6. The number of halogens is 1. The Bertz CT molecular complexity index is 824. The Kier molecular flexibility index (Phi) is 11.3. The first kappa shape index (κ1) is 26.4. The lowest BCUT2D eigenvalue weighted by molar-refractivity contribution is -0.00805. The lowest BCUT2D eigenvalue weighted by Gasteiger charge is -2.34. The number of rotatable bonds is 9. The molecule has 32 heavy (non-hydrogen) atoms. The summed E-state index contributed by atoms with van der Waals surface area (Å²) in [5.41, 5.74) is 2.26. The maximum Gasteiger partial charge on any atom is 0.194 e. The van der Waals surface area contributed by atoms with Crippen LogP contribution in [0.25, 0.3) is 0 Å². The predicted octanol–water partition coefficient (Wildman–Crippen LogP) is 2.91. The summed E-state index contributed by atoms with van der Waals surface area (Å²) in [4.78, 5) is 9.31. The van der Waals surface area contributed by atoms with E-state index in [4.69, 9.17) is 14.5 Å². The summed E-state index contributed by atoms with van der Waals surface area (Å²) in [5, 5.41) is 7.70. The molecular formula is C23H37IN6O2. The Hall–Kier alpha value is -1.85. The molecule has 1 N–H and O–H groups in total. The number of nitrogens with zero attached hydrogens (tertiary/aromatic N) is 5. The van der Waals surface area contributed by atoms with Crippen LogP contribution in [0.2, 0.25) is 0 Å². The minimum absolute atomic E-state index is 0. The standard InChI is InChI=1S/C23H36N6O2.HI/c1-5-24-23(29-12-14-31-22(18-29)20-16-26-28(4)17-20)25-15-19-7-9-21(10-8-19)30-13-6-11-27(2)3;/h7-10,16-17,22H,5-6,11-15,18H2,1-4H3,(H,24,25);1H. The molecule has 1 unspecified atom stereocenters. The van der Waals surface area contributed by atoms with E-state index in [2.05, 4.69) is 53.4 Å². The number of nitrogens with one attached hydrogen (secondary N) is 1. The number of benzene rings is 1. The van der Waals surface area contributed by atoms with Crippen LogP contribution in [0.5, 0.6) is 5.75 Å². The normalized spacial score (nSPS) is 16.7. The Morgan fingerprint density at radius 1 is 1.31 bits per heavy atom. The van der Waals surface area contributed by atoms with E-state index >= 15 is 0 Å². The van der Waals surface area contributed by atoms with Crippen LogP contribution in [-0.4, -0.2) is 79.0 Å². The quantitative estimate of drug-likeness (QED) is 0.222. The third-order valence-electron chi connectivity index (χ3n) is 5.15. The molecule has 0 spiro atoms. The van der Waals surface area contributed by atoms with Crippen molar-refractivity contribution in [1.29, 1.82) is 0 Å². The minimum atomic E-state index is 0. The minimum Gasteiger partial charge on any atom is -0.494 e. The van der Waals surface area contributed by atoms with Gasteiger partial charge in [0.1, 0.15) is 11.9 Å². The van der Waals surface area contributed by atoms with Gasteiger partial charge in [-0.1, -0.05) is 12.1 Å². The Morgan fingerprint density at radius 2 is 2.09 bits per heavy atom. The highest BCUT2D eigenvalue weighted by Gasteiger charge is 2.25. The van der Waals surface area contributed by atoms with E-state index in [1.54, 1.807) is 0 Å². The van der Waals surface area contributed by atoms with Crippen molar-refractivity contribution < 1.29 is 9.47 Å². The number of guanidine groups is 1. The zero-order chi connectivity index (χ0) is 22.1. The third-order valence-corrected chi connectivity index (χ3v) is 5.15. The number of aliphatic imine (C=N–C) groups is 1. The molecule has 3 rings (SSSR count). The highest BCUT2D eigenvalue weighted by Crippen LogP contribution is 2.22. The van der Waals surface area contributed by atoms with E-state index in [-0.39, 0.29) is 30.1 Å². The second-order valence-electron chi connectivity index (χ2n) is 8.07. The molecule has 8 nitrogen and oxygen atoms in total. The van der Waals surface area contributed by atoms with Crippen LogP contribution in [0.1, 0.15) is 30.6 Å². The number of aryl methyl sites for hydroxylation is 1. The van der Waals surface area contributed by atoms with Crippen molar-refractivity contribution >= 4 is 29.9 Å². The molecule has 2 heterocycles. The molecule has 178 valence electrons. The van der Waals surface area contributed by atoms with Gasteiger partial charge in [0.05, 0.1) is 32.5 Å². The summed E-state index contributed by atoms with van der Waals surface area (Å²) in [6, 6.07) is 8.24. The first-order chi connectivity index (χ1) is 15.0. The molecule has 1 aliphatic rings. The molecule has 1 aromatic heterocycles. The largest absolute Gasteiger partial charge is 0.494 e. The maximum absolute atomic E-state index is 5.97. The van der Waals surface area contributed by atoms with Gasteiger partial charge in [-0.25, -0.2) is 4.99 Å². The molecule has 0 amide bonds. The summed E-state index contributed by atoms with van der Waals surface area (Å²) in [6.07, 6.45) is 4.92. The lowest BCUT2D eigenvalue weighted by Crippen LogP contribution is -2.48. The van der Waals surface area contributed by atoms with Gasteiger partial charge in [0.2, 0.25) is 0 Å². The number of morpholine rings is 1. The maximum atomic E-state index is 5.97. The van der Waals surface area contributed by atoms with Crippen LogP contribution in [-0.2, 0) is 18.3 Å². The first-order valence-electron chi connectivity index (χ1n) is 11.0. The molecule has 1 fully saturated rings. The van der Waals surface area contributed by atoms with Gasteiger partial charge in [0.15, 0.2) is 5.96 Å². The SMILES string of the molecule is CCNC(=NCc1ccc(OCCCN(C)C)cc1)N1CCOC(c2cnn(C)c2)C1.I. The zero-order valence-electron chi connectivity index (χ0n) is 19.7. The fourth-order valence-corrected chi connectivity index (χ4v) is 3.50. The van der Waals surface area contributed by atoms with E-state index in [9.17, 15) is 0 Å². The summed E-state index contributed by atoms with van der Waals surface area (Å²) in [5.74, 6) is 1.83. The van der Waals surface area contributed by atoms with Gasteiger partial charge in [-0.05, 0) is 45.1 Å². The van der Waals surface area contributed by atoms with Gasteiger partial charge in [-0.3, -0.25) is 4.68 Å². The smallest absolute Gasteiger partial charge is 0.194 e. The van der Waals surface area contributed by atoms with Gasteiger partial charge in [0, 0.05) is 38.4 Å². The molecule has 1 saturated heterocycles. The van der Waals surface area contributed by atoms with Crippen LogP contribution in [0.3, 0.4) is 0 Å². The average molecular weight is 556 g/mol. The van der Waals surface area contributed by atoms with Crippen LogP contribution in [0, 0.1) is 0 Å². The average Bonchev–Trinajstić information content (AvgIpc) is 3.21. The molecule has 2 aromatic rings. The molecule has 1 atom stereocenters. The molecule has 0 bridgehead atoms. The fourth-order valence-electron chi connectivity index (χ4n) is 3.50. The van der Waals surface area contributed by atoms with Crippen LogP contribution >= 0.6 is 24.0 Å². The predicted molar refractivity (Wildman–Crippen MR) is 139 cm³/mol. The van der Waals surface area contributed by atoms with Gasteiger partial charge in [-0.15, -0.1) is 24.0 Å². The highest BCUT2D eigenvalue weighted by molar-refractivity contribution is 14.0. The summed E-state index contributed by atoms with van der Waals surface area (Å²) in [7, 11) is 6.08. The van der Waals surface area contributed by atoms with Gasteiger partial charge >= 0.3 is 0 Å². The summed E-state index contributed by atoms with van der Waals surface area (Å²) in [6.45, 7) is 7.56. The van der Waals surface area contributed by atoms with Crippen molar-refractivity contribution in [3.63, 3.8) is 0 Å². The Morgan fingerprint density at radius 3 is 2.75 bits per heavy atom. The Balaban J connectivity index is 0.00000363. The highest BCUT2D eigenvalue weighted by atomic mass is 127. The van der Waals surface area contributed by atoms with Gasteiger partial charge in [0.25, 0.3) is 0 Å². The van der Waals surface area contributed by atoms with Crippen molar-refractivity contribution in [2.75, 3.05) is 53.5 Å². The number of ether oxygens (including phenoxy) is 2. The van der Waals surface area contributed by atoms with Crippen LogP contribution < -0.4 is 10.1 Å². The molecule has 9 heteroatoms. The molecule has 0 radical (unpaired) electrons. The Labute approximate surface area is 209 Å². The van der Waals surface area contributed by atoms with E-state index in [1.165, 1.54) is 0 Å². The van der Waals surface area contributed by atoms with Crippen molar-refractivity contribution in [2.24, 2.45) is 12.0 Å². The van der Waals surface area contributed by atoms with Gasteiger partial charge in [-0.2, -0.15) is 5.10 Å². The topological polar surface area (TPSA) is 67.2 Å². The van der Waals surface area contributed by atoms with E-state index in [1.807, 2.05) is 36.3 Å². The van der Waals surface area contributed by atoms with Gasteiger partial charge < -0.3 is 24.6 Å². The first-order valence-corrected chi connectivity index (χ1v) is 11.0. The van der Waals surface area contributed by atoms with E-state index in [0.29, 0.717) is 13.2 Å². The number of aromatic nitrogens is 2. The van der Waals surface area contributed by atoms with Crippen LogP contribution in [0.15, 0.2) is 41.7 Å². The van der Waals surface area contributed by atoms with Crippen molar-refractivity contribution in [3.05, 3.63) is 47.8 Å². The fraction of sp³-hybridized carbons (Fsp3) is 0.565. The molecular weight excluding hydrogens is 519 g/mol. The monoisotopic (exact) mass is 556 g/mol. The number of hydrogen-bond donors (Lipinski definition) is 1. The molecule has 1 aromatic carbocycles. The van der Waals surface area contributed by atoms with E-state index in [0.717, 1.165) is 62.0 Å². The van der Waals surface area contributed by atoms with Crippen molar-refractivity contribution in [3.8, 4) is 5.75 Å². The molecule has 1 aliphatic heterocycles. The second-order valence-corrected chi connectivity index (χ2v) is 8.07. The summed E-state index contributed by atoms with van der Waals surface area (Å²) < 4.78 is 13.6. The molecule has 0 saturated carbocycles. The summed E-state index contributed by atoms with van der Waals surface area (Å²) >= 11 is 0. The lowest BCUT2D eigenvalue weighted by atomic mass is 10.1. The number of hydrogen-bond acceptors (Lipinski definition) is 5. The zero-order valence-corrected chi connectivity index (χ0v) is 22.0. The van der Waals surface area contributed by atoms with Crippen LogP contribution in [0.4, 0.5) is 0 Å². The molecule has 0 aliphatic carbocycles. The van der Waals surface area contributed by atoms with E-state index < -0.39 is 0 Å². The van der Waals surface area contributed by atoms with Crippen molar-refractivity contribution in [2.45, 2.75) is 26.0 Å².